The number of halogens is 2. The molecule has 0 bridgehead atoms. The molecule has 2 N–H and O–H groups in total. The first-order valence-electron chi connectivity index (χ1n) is 4.84. The van der Waals surface area contributed by atoms with E-state index in [0.29, 0.717) is 12.0 Å². The van der Waals surface area contributed by atoms with Crippen LogP contribution in [-0.4, -0.2) is 22.4 Å². The molecule has 4 heteroatoms. The molecule has 0 saturated carbocycles. The molecule has 0 radical (unpaired) electrons. The van der Waals surface area contributed by atoms with Gasteiger partial charge in [0.1, 0.15) is 5.82 Å². The number of benzene rings is 1. The number of hydrogen-bond acceptors (Lipinski definition) is 2. The molecule has 0 aliphatic rings. The Labute approximate surface area is 93.3 Å². The van der Waals surface area contributed by atoms with E-state index in [9.17, 15) is 14.6 Å². The average molecular weight is 233 g/mol. The van der Waals surface area contributed by atoms with E-state index in [1.54, 1.807) is 6.92 Å². The first-order chi connectivity index (χ1) is 7.04. The number of hydrogen-bond donors (Lipinski definition) is 2. The van der Waals surface area contributed by atoms with Gasteiger partial charge in [-0.1, -0.05) is 24.6 Å². The molecule has 0 saturated heterocycles. The van der Waals surface area contributed by atoms with Crippen LogP contribution in [0.1, 0.15) is 18.9 Å². The highest BCUT2D eigenvalue weighted by Crippen LogP contribution is 2.19. The molecule has 0 aromatic heterocycles. The van der Waals surface area contributed by atoms with Crippen molar-refractivity contribution in [3.8, 4) is 0 Å². The molecule has 0 amide bonds. The molecule has 2 unspecified atom stereocenters. The zero-order valence-corrected chi connectivity index (χ0v) is 9.21. The summed E-state index contributed by atoms with van der Waals surface area (Å²) in [6.45, 7) is 1.78. The van der Waals surface area contributed by atoms with Crippen LogP contribution in [-0.2, 0) is 6.42 Å². The Hall–Kier alpha value is -0.640. The molecule has 0 spiro atoms. The number of aliphatic hydroxyl groups is 2. The average Bonchev–Trinajstić information content (AvgIpc) is 2.20. The second-order valence-corrected chi connectivity index (χ2v) is 3.89. The zero-order valence-electron chi connectivity index (χ0n) is 8.45. The maximum Gasteiger partial charge on any atom is 0.124 e. The van der Waals surface area contributed by atoms with Crippen LogP contribution in [0.3, 0.4) is 0 Å². The largest absolute Gasteiger partial charge is 0.390 e. The van der Waals surface area contributed by atoms with E-state index in [4.69, 9.17) is 11.6 Å². The van der Waals surface area contributed by atoms with Crippen molar-refractivity contribution in [1.82, 2.24) is 0 Å². The predicted molar refractivity (Wildman–Crippen MR) is 57.4 cm³/mol. The SMILES string of the molecule is CCC(O)C(O)Cc1ccc(F)cc1Cl. The van der Waals surface area contributed by atoms with Crippen LogP contribution in [0.25, 0.3) is 0 Å². The molecule has 1 aromatic carbocycles. The molecule has 0 aliphatic heterocycles. The van der Waals surface area contributed by atoms with Gasteiger partial charge in [0.25, 0.3) is 0 Å². The van der Waals surface area contributed by atoms with Crippen molar-refractivity contribution < 1.29 is 14.6 Å². The molecular formula is C11H14ClFO2. The minimum absolute atomic E-state index is 0.230. The molecule has 2 nitrogen and oxygen atoms in total. The molecular weight excluding hydrogens is 219 g/mol. The fourth-order valence-corrected chi connectivity index (χ4v) is 1.57. The smallest absolute Gasteiger partial charge is 0.124 e. The lowest BCUT2D eigenvalue weighted by atomic mass is 10.0. The van der Waals surface area contributed by atoms with E-state index in [0.717, 1.165) is 0 Å². The van der Waals surface area contributed by atoms with Gasteiger partial charge in [-0.25, -0.2) is 4.39 Å². The Balaban J connectivity index is 2.72. The van der Waals surface area contributed by atoms with E-state index in [1.165, 1.54) is 18.2 Å². The summed E-state index contributed by atoms with van der Waals surface area (Å²) in [5.41, 5.74) is 0.637. The maximum absolute atomic E-state index is 12.7. The quantitative estimate of drug-likeness (QED) is 0.835. The van der Waals surface area contributed by atoms with Crippen molar-refractivity contribution in [2.75, 3.05) is 0 Å². The van der Waals surface area contributed by atoms with Crippen LogP contribution < -0.4 is 0 Å². The van der Waals surface area contributed by atoms with Crippen molar-refractivity contribution >= 4 is 11.6 Å². The Morgan fingerprint density at radius 1 is 1.33 bits per heavy atom. The van der Waals surface area contributed by atoms with E-state index in [2.05, 4.69) is 0 Å². The molecule has 0 aliphatic carbocycles. The lowest BCUT2D eigenvalue weighted by molar-refractivity contribution is 0.0182. The molecule has 0 fully saturated rings. The highest BCUT2D eigenvalue weighted by molar-refractivity contribution is 6.31. The van der Waals surface area contributed by atoms with Gasteiger partial charge < -0.3 is 10.2 Å². The second kappa shape index (κ2) is 5.45. The van der Waals surface area contributed by atoms with Crippen molar-refractivity contribution in [3.05, 3.63) is 34.6 Å². The van der Waals surface area contributed by atoms with E-state index >= 15 is 0 Å². The van der Waals surface area contributed by atoms with Gasteiger partial charge in [-0.3, -0.25) is 0 Å². The monoisotopic (exact) mass is 232 g/mol. The summed E-state index contributed by atoms with van der Waals surface area (Å²) in [4.78, 5) is 0. The number of rotatable bonds is 4. The van der Waals surface area contributed by atoms with Crippen LogP contribution in [0.2, 0.25) is 5.02 Å². The van der Waals surface area contributed by atoms with Gasteiger partial charge in [-0.05, 0) is 24.1 Å². The predicted octanol–water partition coefficient (Wildman–Crippen LogP) is 2.15. The van der Waals surface area contributed by atoms with Crippen LogP contribution in [0, 0.1) is 5.82 Å². The van der Waals surface area contributed by atoms with E-state index in [1.807, 2.05) is 0 Å². The van der Waals surface area contributed by atoms with Gasteiger partial charge in [0.05, 0.1) is 12.2 Å². The Kier molecular flexibility index (Phi) is 4.51. The van der Waals surface area contributed by atoms with E-state index < -0.39 is 18.0 Å². The molecule has 84 valence electrons. The summed E-state index contributed by atoms with van der Waals surface area (Å²) in [5.74, 6) is -0.408. The third-order valence-corrected chi connectivity index (χ3v) is 2.66. The molecule has 1 rings (SSSR count). The van der Waals surface area contributed by atoms with Crippen LogP contribution in [0.15, 0.2) is 18.2 Å². The Morgan fingerprint density at radius 2 is 2.00 bits per heavy atom. The summed E-state index contributed by atoms with van der Waals surface area (Å²) < 4.78 is 12.7. The maximum atomic E-state index is 12.7. The molecule has 1 aromatic rings. The highest BCUT2D eigenvalue weighted by atomic mass is 35.5. The van der Waals surface area contributed by atoms with Crippen molar-refractivity contribution in [3.63, 3.8) is 0 Å². The highest BCUT2D eigenvalue weighted by Gasteiger charge is 2.16. The van der Waals surface area contributed by atoms with Crippen LogP contribution >= 0.6 is 11.6 Å². The van der Waals surface area contributed by atoms with Gasteiger partial charge in [-0.2, -0.15) is 0 Å². The summed E-state index contributed by atoms with van der Waals surface area (Å²) in [6, 6.07) is 4.00. The minimum Gasteiger partial charge on any atom is -0.390 e. The third kappa shape index (κ3) is 3.45. The van der Waals surface area contributed by atoms with Crippen molar-refractivity contribution in [1.29, 1.82) is 0 Å². The Bertz CT molecular complexity index is 330. The second-order valence-electron chi connectivity index (χ2n) is 3.48. The lowest BCUT2D eigenvalue weighted by Gasteiger charge is -2.16. The molecule has 15 heavy (non-hydrogen) atoms. The summed E-state index contributed by atoms with van der Waals surface area (Å²) >= 11 is 5.79. The van der Waals surface area contributed by atoms with Crippen LogP contribution in [0.5, 0.6) is 0 Å². The van der Waals surface area contributed by atoms with Gasteiger partial charge in [0, 0.05) is 11.4 Å². The fourth-order valence-electron chi connectivity index (χ4n) is 1.32. The first-order valence-corrected chi connectivity index (χ1v) is 5.22. The summed E-state index contributed by atoms with van der Waals surface area (Å²) in [5, 5.41) is 19.2. The van der Waals surface area contributed by atoms with Crippen LogP contribution in [0.4, 0.5) is 4.39 Å². The van der Waals surface area contributed by atoms with Crippen molar-refractivity contribution in [2.24, 2.45) is 0 Å². The normalized spacial score (nSPS) is 15.0. The van der Waals surface area contributed by atoms with Gasteiger partial charge >= 0.3 is 0 Å². The fraction of sp³-hybridized carbons (Fsp3) is 0.455. The van der Waals surface area contributed by atoms with Crippen molar-refractivity contribution in [2.45, 2.75) is 32.0 Å². The summed E-state index contributed by atoms with van der Waals surface area (Å²) in [7, 11) is 0. The minimum atomic E-state index is -0.863. The topological polar surface area (TPSA) is 40.5 Å². The first kappa shape index (κ1) is 12.4. The number of aliphatic hydroxyl groups excluding tert-OH is 2. The molecule has 2 atom stereocenters. The molecule has 0 heterocycles. The zero-order chi connectivity index (χ0) is 11.4. The van der Waals surface area contributed by atoms with E-state index in [-0.39, 0.29) is 11.4 Å². The lowest BCUT2D eigenvalue weighted by Crippen LogP contribution is -2.27. The van der Waals surface area contributed by atoms with Gasteiger partial charge in [-0.15, -0.1) is 0 Å². The Morgan fingerprint density at radius 3 is 2.53 bits per heavy atom. The standard InChI is InChI=1S/C11H14ClFO2/c1-2-10(14)11(15)5-7-3-4-8(13)6-9(7)12/h3-4,6,10-11,14-15H,2,5H2,1H3. The summed E-state index contributed by atoms with van der Waals surface area (Å²) in [6.07, 6.45) is -0.933. The van der Waals surface area contributed by atoms with Gasteiger partial charge in [0.2, 0.25) is 0 Å². The van der Waals surface area contributed by atoms with Gasteiger partial charge in [0.15, 0.2) is 0 Å². The third-order valence-electron chi connectivity index (χ3n) is 2.31.